The zero-order valence-electron chi connectivity index (χ0n) is 22.0. The fraction of sp³-hybridized carbons (Fsp3) is 0.250. The maximum absolute atomic E-state index is 13.7. The van der Waals surface area contributed by atoms with Crippen molar-refractivity contribution in [3.8, 4) is 17.2 Å². The minimum absolute atomic E-state index is 0.223. The number of aromatic nitrogens is 1. The molecule has 202 valence electrons. The van der Waals surface area contributed by atoms with Gasteiger partial charge in [-0.25, -0.2) is 9.79 Å². The van der Waals surface area contributed by atoms with Crippen LogP contribution in [-0.4, -0.2) is 36.2 Å². The Morgan fingerprint density at radius 3 is 2.33 bits per heavy atom. The third-order valence-corrected chi connectivity index (χ3v) is 6.69. The smallest absolute Gasteiger partial charge is 0.338 e. The van der Waals surface area contributed by atoms with E-state index in [9.17, 15) is 19.2 Å². The molecule has 4 rings (SSSR count). The molecule has 0 amide bonds. The van der Waals surface area contributed by atoms with Gasteiger partial charge < -0.3 is 18.9 Å². The highest BCUT2D eigenvalue weighted by Gasteiger charge is 2.33. The number of nitrogens with zero attached hydrogens (tertiary/aromatic N) is 2. The summed E-state index contributed by atoms with van der Waals surface area (Å²) in [5.74, 6) is -0.574. The molecule has 0 saturated heterocycles. The number of thiazole rings is 1. The van der Waals surface area contributed by atoms with E-state index in [2.05, 4.69) is 4.99 Å². The van der Waals surface area contributed by atoms with Gasteiger partial charge in [0.2, 0.25) is 0 Å². The van der Waals surface area contributed by atoms with E-state index in [0.29, 0.717) is 44.3 Å². The zero-order chi connectivity index (χ0) is 28.3. The molecule has 39 heavy (non-hydrogen) atoms. The molecule has 2 heterocycles. The summed E-state index contributed by atoms with van der Waals surface area (Å²) in [7, 11) is 1.27. The number of ether oxygens (including phenoxy) is 4. The molecule has 2 aromatic carbocycles. The summed E-state index contributed by atoms with van der Waals surface area (Å²) in [5.41, 5.74) is 1.54. The van der Waals surface area contributed by atoms with E-state index in [4.69, 9.17) is 18.9 Å². The number of allylic oxidation sites excluding steroid dienone is 1. The molecule has 1 aliphatic rings. The second-order valence-electron chi connectivity index (χ2n) is 8.47. The molecule has 3 aromatic rings. The first kappa shape index (κ1) is 27.5. The van der Waals surface area contributed by atoms with Crippen LogP contribution in [0, 0.1) is 0 Å². The number of methoxy groups -OCH3 is 1. The zero-order valence-corrected chi connectivity index (χ0v) is 22.8. The Morgan fingerprint density at radius 1 is 1.03 bits per heavy atom. The van der Waals surface area contributed by atoms with Gasteiger partial charge in [-0.1, -0.05) is 29.5 Å². The standard InChI is InChI=1S/C28H26N2O8S/c1-6-36-22-13-18(7-12-21(22)38-17(4)32)14-23-26(33)30-25(19-8-10-20(11-9-19)37-16(3)31)24(27(34)35-5)15(2)29-28(30)39-23/h7-14,25H,6H2,1-5H3/b23-14-/t25-/m0/s1. The van der Waals surface area contributed by atoms with Crippen molar-refractivity contribution in [3.05, 3.63) is 84.5 Å². The van der Waals surface area contributed by atoms with Crippen LogP contribution < -0.4 is 29.1 Å². The fourth-order valence-electron chi connectivity index (χ4n) is 4.17. The van der Waals surface area contributed by atoms with Crippen LogP contribution in [0.4, 0.5) is 0 Å². The lowest BCUT2D eigenvalue weighted by Crippen LogP contribution is -2.39. The lowest BCUT2D eigenvalue weighted by Gasteiger charge is -2.24. The van der Waals surface area contributed by atoms with E-state index in [-0.39, 0.29) is 16.9 Å². The maximum atomic E-state index is 13.7. The van der Waals surface area contributed by atoms with Gasteiger partial charge in [0.15, 0.2) is 16.3 Å². The molecule has 0 saturated carbocycles. The molecule has 0 fully saturated rings. The lowest BCUT2D eigenvalue weighted by atomic mass is 9.96. The Hall–Kier alpha value is -4.51. The first-order chi connectivity index (χ1) is 18.6. The van der Waals surface area contributed by atoms with E-state index < -0.39 is 23.9 Å². The molecule has 0 unspecified atom stereocenters. The lowest BCUT2D eigenvalue weighted by molar-refractivity contribution is -0.136. The highest BCUT2D eigenvalue weighted by atomic mass is 32.1. The van der Waals surface area contributed by atoms with Gasteiger partial charge in [-0.15, -0.1) is 0 Å². The Morgan fingerprint density at radius 2 is 1.72 bits per heavy atom. The molecule has 1 aliphatic heterocycles. The van der Waals surface area contributed by atoms with Crippen molar-refractivity contribution in [1.29, 1.82) is 0 Å². The number of carbonyl (C=O) groups is 3. The Bertz CT molecular complexity index is 1660. The van der Waals surface area contributed by atoms with Crippen LogP contribution >= 0.6 is 11.3 Å². The molecule has 0 bridgehead atoms. The first-order valence-corrected chi connectivity index (χ1v) is 12.8. The topological polar surface area (TPSA) is 122 Å². The number of rotatable bonds is 7. The Balaban J connectivity index is 1.86. The van der Waals surface area contributed by atoms with Crippen molar-refractivity contribution >= 4 is 35.3 Å². The second-order valence-corrected chi connectivity index (χ2v) is 9.48. The molecule has 11 heteroatoms. The van der Waals surface area contributed by atoms with Gasteiger partial charge in [-0.05, 0) is 55.3 Å². The molecule has 1 atom stereocenters. The van der Waals surface area contributed by atoms with Crippen molar-refractivity contribution in [1.82, 2.24) is 4.57 Å². The molecule has 0 N–H and O–H groups in total. The highest BCUT2D eigenvalue weighted by molar-refractivity contribution is 7.07. The average Bonchev–Trinajstić information content (AvgIpc) is 3.18. The molecule has 0 spiro atoms. The summed E-state index contributed by atoms with van der Waals surface area (Å²) < 4.78 is 22.8. The summed E-state index contributed by atoms with van der Waals surface area (Å²) in [4.78, 5) is 54.3. The normalized spacial score (nSPS) is 14.8. The molecule has 10 nitrogen and oxygen atoms in total. The van der Waals surface area contributed by atoms with Gasteiger partial charge >= 0.3 is 17.9 Å². The minimum Gasteiger partial charge on any atom is -0.490 e. The minimum atomic E-state index is -0.812. The van der Waals surface area contributed by atoms with Crippen molar-refractivity contribution in [3.63, 3.8) is 0 Å². The van der Waals surface area contributed by atoms with Crippen LogP contribution in [0.2, 0.25) is 0 Å². The van der Waals surface area contributed by atoms with E-state index in [1.165, 1.54) is 36.9 Å². The summed E-state index contributed by atoms with van der Waals surface area (Å²) in [5, 5.41) is 0. The SMILES string of the molecule is CCOc1cc(/C=c2\sc3n(c2=O)[C@@H](c2ccc(OC(C)=O)cc2)C(C(=O)OC)=C(C)N=3)ccc1OC(C)=O. The second kappa shape index (κ2) is 11.5. The van der Waals surface area contributed by atoms with Crippen LogP contribution in [-0.2, 0) is 19.1 Å². The van der Waals surface area contributed by atoms with E-state index in [1.54, 1.807) is 55.5 Å². The van der Waals surface area contributed by atoms with Crippen molar-refractivity contribution in [2.75, 3.05) is 13.7 Å². The van der Waals surface area contributed by atoms with Crippen molar-refractivity contribution in [2.24, 2.45) is 4.99 Å². The van der Waals surface area contributed by atoms with Crippen LogP contribution in [0.3, 0.4) is 0 Å². The number of hydrogen-bond donors (Lipinski definition) is 0. The molecular formula is C28H26N2O8S. The molecule has 1 aromatic heterocycles. The Kier molecular flexibility index (Phi) is 8.10. The first-order valence-electron chi connectivity index (χ1n) is 12.0. The largest absolute Gasteiger partial charge is 0.490 e. The monoisotopic (exact) mass is 550 g/mol. The van der Waals surface area contributed by atoms with Crippen LogP contribution in [0.5, 0.6) is 17.2 Å². The Labute approximate surface area is 227 Å². The maximum Gasteiger partial charge on any atom is 0.338 e. The van der Waals surface area contributed by atoms with Gasteiger partial charge in [0, 0.05) is 13.8 Å². The van der Waals surface area contributed by atoms with Crippen molar-refractivity contribution < 1.29 is 33.3 Å². The van der Waals surface area contributed by atoms with Gasteiger partial charge in [0.1, 0.15) is 5.75 Å². The third-order valence-electron chi connectivity index (χ3n) is 5.70. The number of carbonyl (C=O) groups excluding carboxylic acids is 3. The van der Waals surface area contributed by atoms with Gasteiger partial charge in [0.25, 0.3) is 5.56 Å². The predicted octanol–water partition coefficient (Wildman–Crippen LogP) is 2.66. The highest BCUT2D eigenvalue weighted by Crippen LogP contribution is 2.32. The van der Waals surface area contributed by atoms with Crippen molar-refractivity contribution in [2.45, 2.75) is 33.7 Å². The molecule has 0 radical (unpaired) electrons. The third kappa shape index (κ3) is 5.83. The predicted molar refractivity (Wildman–Crippen MR) is 142 cm³/mol. The number of benzene rings is 2. The summed E-state index contributed by atoms with van der Waals surface area (Å²) in [6, 6.07) is 10.7. The molecule has 0 aliphatic carbocycles. The number of fused-ring (bicyclic) bond motifs is 1. The van der Waals surface area contributed by atoms with E-state index in [0.717, 1.165) is 0 Å². The van der Waals surface area contributed by atoms with Gasteiger partial charge in [0.05, 0.1) is 35.6 Å². The van der Waals surface area contributed by atoms with Crippen LogP contribution in [0.15, 0.2) is 63.5 Å². The van der Waals surface area contributed by atoms with Gasteiger partial charge in [-0.3, -0.25) is 19.0 Å². The van der Waals surface area contributed by atoms with E-state index in [1.807, 2.05) is 6.92 Å². The van der Waals surface area contributed by atoms with Gasteiger partial charge in [-0.2, -0.15) is 0 Å². The van der Waals surface area contributed by atoms with E-state index >= 15 is 0 Å². The quantitative estimate of drug-likeness (QED) is 0.325. The summed E-state index contributed by atoms with van der Waals surface area (Å²) >= 11 is 1.17. The van der Waals surface area contributed by atoms with Crippen LogP contribution in [0.25, 0.3) is 6.08 Å². The average molecular weight is 551 g/mol. The number of hydrogen-bond acceptors (Lipinski definition) is 10. The summed E-state index contributed by atoms with van der Waals surface area (Å²) in [6.45, 7) is 6.45. The fourth-order valence-corrected chi connectivity index (χ4v) is 5.21. The van der Waals surface area contributed by atoms with Crippen LogP contribution in [0.1, 0.15) is 44.9 Å². The molecular weight excluding hydrogens is 524 g/mol. The summed E-state index contributed by atoms with van der Waals surface area (Å²) in [6.07, 6.45) is 1.68. The number of esters is 3.